The molecule has 1 heterocycles. The van der Waals surface area contributed by atoms with E-state index in [1.807, 2.05) is 34.9 Å². The SMILES string of the molecule is CSCCCN1C(=O)CCc2cc(N)ccc21. The van der Waals surface area contributed by atoms with Gasteiger partial charge in [-0.1, -0.05) is 0 Å². The summed E-state index contributed by atoms with van der Waals surface area (Å²) in [6.45, 7) is 0.816. The van der Waals surface area contributed by atoms with Crippen molar-refractivity contribution in [2.75, 3.05) is 29.2 Å². The van der Waals surface area contributed by atoms with E-state index in [0.29, 0.717) is 6.42 Å². The van der Waals surface area contributed by atoms with Crippen LogP contribution >= 0.6 is 11.8 Å². The van der Waals surface area contributed by atoms with E-state index in [9.17, 15) is 4.79 Å². The van der Waals surface area contributed by atoms with Crippen LogP contribution in [0.3, 0.4) is 0 Å². The van der Waals surface area contributed by atoms with Gasteiger partial charge in [0.25, 0.3) is 0 Å². The van der Waals surface area contributed by atoms with Crippen molar-refractivity contribution in [2.24, 2.45) is 0 Å². The molecule has 0 fully saturated rings. The Morgan fingerprint density at radius 1 is 1.41 bits per heavy atom. The summed E-state index contributed by atoms with van der Waals surface area (Å²) in [7, 11) is 0. The number of nitrogens with zero attached hydrogens (tertiary/aromatic N) is 1. The fraction of sp³-hybridized carbons (Fsp3) is 0.462. The van der Waals surface area contributed by atoms with Crippen LogP contribution < -0.4 is 10.6 Å². The molecular formula is C13H18N2OS. The van der Waals surface area contributed by atoms with Crippen molar-refractivity contribution in [3.05, 3.63) is 23.8 Å². The highest BCUT2D eigenvalue weighted by atomic mass is 32.2. The monoisotopic (exact) mass is 250 g/mol. The van der Waals surface area contributed by atoms with Crippen molar-refractivity contribution in [1.82, 2.24) is 0 Å². The molecule has 1 amide bonds. The first kappa shape index (κ1) is 12.3. The normalized spacial score (nSPS) is 14.9. The molecule has 1 aromatic carbocycles. The lowest BCUT2D eigenvalue weighted by molar-refractivity contribution is -0.118. The number of nitrogens with two attached hydrogens (primary N) is 1. The van der Waals surface area contributed by atoms with Crippen molar-refractivity contribution in [1.29, 1.82) is 0 Å². The molecule has 0 radical (unpaired) electrons. The highest BCUT2D eigenvalue weighted by Crippen LogP contribution is 2.29. The average molecular weight is 250 g/mol. The standard InChI is InChI=1S/C13H18N2OS/c1-17-8-2-7-15-12-5-4-11(14)9-10(12)3-6-13(15)16/h4-5,9H,2-3,6-8,14H2,1H3. The molecule has 0 spiro atoms. The van der Waals surface area contributed by atoms with Gasteiger partial charge in [-0.3, -0.25) is 4.79 Å². The fourth-order valence-electron chi connectivity index (χ4n) is 2.19. The third-order valence-corrected chi connectivity index (χ3v) is 3.73. The summed E-state index contributed by atoms with van der Waals surface area (Å²) in [5.41, 5.74) is 8.81. The van der Waals surface area contributed by atoms with Crippen LogP contribution in [0.5, 0.6) is 0 Å². The zero-order valence-corrected chi connectivity index (χ0v) is 10.9. The first-order chi connectivity index (χ1) is 8.22. The van der Waals surface area contributed by atoms with Gasteiger partial charge in [0.1, 0.15) is 0 Å². The number of carbonyl (C=O) groups is 1. The number of aryl methyl sites for hydroxylation is 1. The third kappa shape index (κ3) is 2.75. The molecule has 0 bridgehead atoms. The highest BCUT2D eigenvalue weighted by molar-refractivity contribution is 7.98. The lowest BCUT2D eigenvalue weighted by Crippen LogP contribution is -2.36. The van der Waals surface area contributed by atoms with Gasteiger partial charge in [-0.2, -0.15) is 11.8 Å². The molecule has 0 saturated carbocycles. The van der Waals surface area contributed by atoms with E-state index < -0.39 is 0 Å². The number of carbonyl (C=O) groups excluding carboxylic acids is 1. The average Bonchev–Trinajstić information content (AvgIpc) is 2.32. The predicted molar refractivity (Wildman–Crippen MR) is 74.5 cm³/mol. The van der Waals surface area contributed by atoms with Crippen LogP contribution in [-0.4, -0.2) is 24.5 Å². The summed E-state index contributed by atoms with van der Waals surface area (Å²) in [4.78, 5) is 13.8. The Balaban J connectivity index is 2.18. The molecule has 4 heteroatoms. The molecule has 2 rings (SSSR count). The van der Waals surface area contributed by atoms with Crippen LogP contribution in [-0.2, 0) is 11.2 Å². The first-order valence-corrected chi connectivity index (χ1v) is 7.29. The number of benzene rings is 1. The second kappa shape index (κ2) is 5.45. The van der Waals surface area contributed by atoms with Gasteiger partial charge in [0.05, 0.1) is 0 Å². The van der Waals surface area contributed by atoms with Gasteiger partial charge >= 0.3 is 0 Å². The molecule has 3 nitrogen and oxygen atoms in total. The second-order valence-corrected chi connectivity index (χ2v) is 5.27. The predicted octanol–water partition coefficient (Wildman–Crippen LogP) is 2.30. The molecule has 1 aliphatic rings. The van der Waals surface area contributed by atoms with Gasteiger partial charge in [0.15, 0.2) is 0 Å². The molecule has 0 atom stereocenters. The minimum atomic E-state index is 0.239. The van der Waals surface area contributed by atoms with Crippen molar-refractivity contribution >= 4 is 29.0 Å². The molecule has 0 aliphatic carbocycles. The van der Waals surface area contributed by atoms with E-state index in [0.717, 1.165) is 36.5 Å². The Morgan fingerprint density at radius 2 is 2.24 bits per heavy atom. The quantitative estimate of drug-likeness (QED) is 0.659. The zero-order chi connectivity index (χ0) is 12.3. The first-order valence-electron chi connectivity index (χ1n) is 5.90. The van der Waals surface area contributed by atoms with Gasteiger partial charge in [0, 0.05) is 24.3 Å². The summed E-state index contributed by atoms with van der Waals surface area (Å²) in [6, 6.07) is 5.84. The van der Waals surface area contributed by atoms with E-state index in [4.69, 9.17) is 5.73 Å². The molecule has 0 saturated heterocycles. The maximum atomic E-state index is 11.9. The van der Waals surface area contributed by atoms with Gasteiger partial charge < -0.3 is 10.6 Å². The van der Waals surface area contributed by atoms with Crippen LogP contribution in [0.4, 0.5) is 11.4 Å². The molecular weight excluding hydrogens is 232 g/mol. The molecule has 0 unspecified atom stereocenters. The number of anilines is 2. The van der Waals surface area contributed by atoms with Gasteiger partial charge in [-0.25, -0.2) is 0 Å². The molecule has 17 heavy (non-hydrogen) atoms. The number of thioether (sulfide) groups is 1. The minimum absolute atomic E-state index is 0.239. The van der Waals surface area contributed by atoms with Crippen molar-refractivity contribution in [3.63, 3.8) is 0 Å². The Labute approximate surface area is 106 Å². The van der Waals surface area contributed by atoms with E-state index in [1.165, 1.54) is 5.56 Å². The maximum absolute atomic E-state index is 11.9. The summed E-state index contributed by atoms with van der Waals surface area (Å²) in [5.74, 6) is 1.33. The van der Waals surface area contributed by atoms with E-state index in [2.05, 4.69) is 6.26 Å². The Bertz CT molecular complexity index is 420. The van der Waals surface area contributed by atoms with Crippen LogP contribution in [0, 0.1) is 0 Å². The van der Waals surface area contributed by atoms with E-state index in [-0.39, 0.29) is 5.91 Å². The topological polar surface area (TPSA) is 46.3 Å². The van der Waals surface area contributed by atoms with Crippen LogP contribution in [0.2, 0.25) is 0 Å². The van der Waals surface area contributed by atoms with Crippen molar-refractivity contribution in [2.45, 2.75) is 19.3 Å². The number of fused-ring (bicyclic) bond motifs is 1. The maximum Gasteiger partial charge on any atom is 0.227 e. The molecule has 92 valence electrons. The summed E-state index contributed by atoms with van der Waals surface area (Å²) < 4.78 is 0. The van der Waals surface area contributed by atoms with Crippen LogP contribution in [0.25, 0.3) is 0 Å². The van der Waals surface area contributed by atoms with Gasteiger partial charge in [0.2, 0.25) is 5.91 Å². The van der Waals surface area contributed by atoms with Gasteiger partial charge in [-0.05, 0) is 48.6 Å². The number of rotatable bonds is 4. The summed E-state index contributed by atoms with van der Waals surface area (Å²) in [6.07, 6.45) is 4.55. The largest absolute Gasteiger partial charge is 0.399 e. The lowest BCUT2D eigenvalue weighted by atomic mass is 10.0. The van der Waals surface area contributed by atoms with Crippen molar-refractivity contribution in [3.8, 4) is 0 Å². The number of amides is 1. The second-order valence-electron chi connectivity index (χ2n) is 4.28. The third-order valence-electron chi connectivity index (χ3n) is 3.03. The van der Waals surface area contributed by atoms with Crippen LogP contribution in [0.1, 0.15) is 18.4 Å². The van der Waals surface area contributed by atoms with E-state index >= 15 is 0 Å². The minimum Gasteiger partial charge on any atom is -0.399 e. The molecule has 1 aliphatic heterocycles. The summed E-state index contributed by atoms with van der Waals surface area (Å²) >= 11 is 1.82. The molecule has 1 aromatic rings. The zero-order valence-electron chi connectivity index (χ0n) is 10.1. The number of hydrogen-bond donors (Lipinski definition) is 1. The molecule has 2 N–H and O–H groups in total. The Morgan fingerprint density at radius 3 is 3.00 bits per heavy atom. The fourth-order valence-corrected chi connectivity index (χ4v) is 2.61. The number of hydrogen-bond acceptors (Lipinski definition) is 3. The Kier molecular flexibility index (Phi) is 3.94. The Hall–Kier alpha value is -1.16. The van der Waals surface area contributed by atoms with Crippen molar-refractivity contribution < 1.29 is 4.79 Å². The highest BCUT2D eigenvalue weighted by Gasteiger charge is 2.23. The van der Waals surface area contributed by atoms with Gasteiger partial charge in [-0.15, -0.1) is 0 Å². The summed E-state index contributed by atoms with van der Waals surface area (Å²) in [5, 5.41) is 0. The smallest absolute Gasteiger partial charge is 0.227 e. The lowest BCUT2D eigenvalue weighted by Gasteiger charge is -2.29. The van der Waals surface area contributed by atoms with E-state index in [1.54, 1.807) is 0 Å². The van der Waals surface area contributed by atoms with Crippen LogP contribution in [0.15, 0.2) is 18.2 Å². The number of nitrogen functional groups attached to an aromatic ring is 1. The molecule has 0 aromatic heterocycles.